The summed E-state index contributed by atoms with van der Waals surface area (Å²) in [5.41, 5.74) is -4.92. The summed E-state index contributed by atoms with van der Waals surface area (Å²) in [7, 11) is 6.25. The molecule has 0 radical (unpaired) electrons. The Kier molecular flexibility index (Phi) is 8.49. The van der Waals surface area contributed by atoms with E-state index in [-0.39, 0.29) is 24.6 Å². The third-order valence-electron chi connectivity index (χ3n) is 13.4. The number of benzene rings is 1. The van der Waals surface area contributed by atoms with Crippen LogP contribution < -0.4 is 0 Å². The molecule has 7 bridgehead atoms. The average Bonchev–Trinajstić information content (AvgIpc) is 3.44. The molecule has 1 aromatic carbocycles. The van der Waals surface area contributed by atoms with Crippen LogP contribution in [0.15, 0.2) is 30.3 Å². The minimum atomic E-state index is -1.86. The van der Waals surface area contributed by atoms with Crippen LogP contribution in [0.25, 0.3) is 0 Å². The SMILES string of the molecule is CCN1CC2(COC)C(OC(C)=O)CC(OC)C34[C@@H]5C[C@]6(O)C(OC)C(O)[C@](OC(C)=O)(C(C(OC)[C@H]23)[C@@H]14)[C@H]5C6OC(=O)c1ccccc1. The number of piperidine rings is 1. The molecule has 2 N–H and O–H groups in total. The summed E-state index contributed by atoms with van der Waals surface area (Å²) in [5, 5.41) is 25.5. The van der Waals surface area contributed by atoms with Gasteiger partial charge in [0.2, 0.25) is 0 Å². The first-order valence-electron chi connectivity index (χ1n) is 17.2. The number of nitrogens with zero attached hydrogens (tertiary/aromatic N) is 1. The Morgan fingerprint density at radius 1 is 0.918 bits per heavy atom. The van der Waals surface area contributed by atoms with Gasteiger partial charge in [-0.3, -0.25) is 14.5 Å². The monoisotopic (exact) mass is 687 g/mol. The van der Waals surface area contributed by atoms with Gasteiger partial charge in [-0.25, -0.2) is 4.79 Å². The number of ether oxygens (including phenoxy) is 7. The minimum Gasteiger partial charge on any atom is -0.462 e. The predicted octanol–water partition coefficient (Wildman–Crippen LogP) is 1.22. The van der Waals surface area contributed by atoms with Crippen LogP contribution in [0.2, 0.25) is 0 Å². The van der Waals surface area contributed by atoms with Crippen molar-refractivity contribution >= 4 is 17.9 Å². The number of hydrogen-bond donors (Lipinski definition) is 2. The molecule has 1 heterocycles. The molecule has 1 aliphatic heterocycles. The second kappa shape index (κ2) is 12.0. The van der Waals surface area contributed by atoms with Gasteiger partial charge in [-0.2, -0.15) is 0 Å². The van der Waals surface area contributed by atoms with Crippen molar-refractivity contribution in [3.63, 3.8) is 0 Å². The van der Waals surface area contributed by atoms with Gasteiger partial charge >= 0.3 is 17.9 Å². The number of carbonyl (C=O) groups excluding carboxylic acids is 3. The van der Waals surface area contributed by atoms with Gasteiger partial charge in [-0.05, 0) is 31.0 Å². The highest BCUT2D eigenvalue weighted by Crippen LogP contribution is 2.80. The van der Waals surface area contributed by atoms with E-state index in [9.17, 15) is 24.6 Å². The number of aliphatic hydroxyl groups excluding tert-OH is 1. The zero-order valence-electron chi connectivity index (χ0n) is 29.2. The molecule has 6 fully saturated rings. The van der Waals surface area contributed by atoms with Gasteiger partial charge in [0.15, 0.2) is 5.60 Å². The first-order valence-corrected chi connectivity index (χ1v) is 17.2. The van der Waals surface area contributed by atoms with Gasteiger partial charge in [0.05, 0.1) is 24.4 Å². The maximum atomic E-state index is 13.8. The summed E-state index contributed by atoms with van der Waals surface area (Å²) in [6.45, 7) is 5.99. The average molecular weight is 688 g/mol. The van der Waals surface area contributed by atoms with Crippen molar-refractivity contribution in [2.24, 2.45) is 34.5 Å². The van der Waals surface area contributed by atoms with Crippen molar-refractivity contribution < 1.29 is 57.8 Å². The van der Waals surface area contributed by atoms with E-state index in [4.69, 9.17) is 33.2 Å². The molecular formula is C36H49NO12. The summed E-state index contributed by atoms with van der Waals surface area (Å²) in [6.07, 6.45) is -5.45. The molecule has 49 heavy (non-hydrogen) atoms. The Balaban J connectivity index is 1.53. The second-order valence-corrected chi connectivity index (χ2v) is 15.0. The molecule has 0 amide bonds. The van der Waals surface area contributed by atoms with Crippen molar-refractivity contribution in [1.82, 2.24) is 4.90 Å². The first kappa shape index (κ1) is 34.8. The summed E-state index contributed by atoms with van der Waals surface area (Å²) in [4.78, 5) is 42.2. The number of likely N-dealkylation sites (tertiary alicyclic amines) is 1. The van der Waals surface area contributed by atoms with Crippen molar-refractivity contribution in [2.75, 3.05) is 48.1 Å². The van der Waals surface area contributed by atoms with Crippen LogP contribution in [-0.2, 0) is 42.7 Å². The fourth-order valence-corrected chi connectivity index (χ4v) is 12.7. The zero-order valence-corrected chi connectivity index (χ0v) is 29.2. The summed E-state index contributed by atoms with van der Waals surface area (Å²) >= 11 is 0. The smallest absolute Gasteiger partial charge is 0.338 e. The van der Waals surface area contributed by atoms with Crippen molar-refractivity contribution in [2.45, 2.75) is 87.5 Å². The molecule has 0 aromatic heterocycles. The molecule has 1 spiro atoms. The largest absolute Gasteiger partial charge is 0.462 e. The van der Waals surface area contributed by atoms with Crippen LogP contribution in [0.1, 0.15) is 44.0 Å². The number of esters is 3. The van der Waals surface area contributed by atoms with E-state index in [1.165, 1.54) is 21.0 Å². The Morgan fingerprint density at radius 3 is 2.20 bits per heavy atom. The van der Waals surface area contributed by atoms with Gasteiger partial charge in [-0.15, -0.1) is 0 Å². The molecule has 6 aliphatic rings. The van der Waals surface area contributed by atoms with Crippen LogP contribution in [-0.4, -0.2) is 135 Å². The lowest BCUT2D eigenvalue weighted by atomic mass is 9.42. The van der Waals surface area contributed by atoms with Crippen LogP contribution in [0, 0.1) is 34.5 Å². The second-order valence-electron chi connectivity index (χ2n) is 15.0. The van der Waals surface area contributed by atoms with E-state index in [0.29, 0.717) is 19.5 Å². The normalized spacial score (nSPS) is 47.4. The van der Waals surface area contributed by atoms with Crippen LogP contribution in [0.4, 0.5) is 0 Å². The fraction of sp³-hybridized carbons (Fsp3) is 0.750. The molecule has 13 heteroatoms. The lowest BCUT2D eigenvalue weighted by molar-refractivity contribution is -0.322. The first-order chi connectivity index (χ1) is 23.4. The highest BCUT2D eigenvalue weighted by molar-refractivity contribution is 5.89. The van der Waals surface area contributed by atoms with Gasteiger partial charge < -0.3 is 43.4 Å². The van der Waals surface area contributed by atoms with Gasteiger partial charge in [0, 0.05) is 89.9 Å². The molecule has 5 aliphatic carbocycles. The zero-order chi connectivity index (χ0) is 35.3. The Bertz CT molecular complexity index is 1480. The minimum absolute atomic E-state index is 0.0534. The predicted molar refractivity (Wildman–Crippen MR) is 170 cm³/mol. The van der Waals surface area contributed by atoms with Crippen molar-refractivity contribution in [1.29, 1.82) is 0 Å². The van der Waals surface area contributed by atoms with Gasteiger partial charge in [0.1, 0.15) is 30.0 Å². The standard InChI is InChI=1S/C36H49NO12/c1-8-37-16-33(17-43-4)22(47-18(2)38)14-23(44-5)35-21-15-34(42)30(48-32(41)20-12-10-9-11-13-20)24(21)36(49-19(3)39,29(40)31(34)46-7)25(28(35)37)26(45-6)27(33)35/h9-13,21-31,40,42H,8,14-17H2,1-7H3/t21-,22?,23?,24-,25?,26?,27-,28-,29?,30?,31?,33?,34-,35?,36-/m1/s1. The molecule has 1 aromatic rings. The van der Waals surface area contributed by atoms with Crippen molar-refractivity contribution in [3.8, 4) is 0 Å². The molecule has 1 saturated heterocycles. The van der Waals surface area contributed by atoms with Crippen LogP contribution in [0.3, 0.4) is 0 Å². The fourth-order valence-electron chi connectivity index (χ4n) is 12.7. The molecule has 13 nitrogen and oxygen atoms in total. The Hall–Kier alpha value is -2.65. The summed E-state index contributed by atoms with van der Waals surface area (Å²) in [6, 6.07) is 8.12. The van der Waals surface area contributed by atoms with E-state index in [1.807, 2.05) is 6.92 Å². The van der Waals surface area contributed by atoms with E-state index >= 15 is 0 Å². The van der Waals surface area contributed by atoms with E-state index in [1.54, 1.807) is 51.7 Å². The summed E-state index contributed by atoms with van der Waals surface area (Å²) in [5.74, 6) is -4.24. The quantitative estimate of drug-likeness (QED) is 0.267. The Morgan fingerprint density at radius 2 is 1.63 bits per heavy atom. The molecular weight excluding hydrogens is 638 g/mol. The summed E-state index contributed by atoms with van der Waals surface area (Å²) < 4.78 is 43.9. The van der Waals surface area contributed by atoms with Gasteiger partial charge in [-0.1, -0.05) is 25.1 Å². The third kappa shape index (κ3) is 4.21. The topological polar surface area (TPSA) is 160 Å². The maximum absolute atomic E-state index is 13.8. The number of carbonyl (C=O) groups is 3. The number of aliphatic hydroxyl groups is 2. The molecule has 15 atom stereocenters. The van der Waals surface area contributed by atoms with Gasteiger partial charge in [0.25, 0.3) is 0 Å². The van der Waals surface area contributed by atoms with E-state index in [2.05, 4.69) is 4.90 Å². The number of hydrogen-bond acceptors (Lipinski definition) is 13. The molecule has 9 unspecified atom stereocenters. The molecule has 5 saturated carbocycles. The highest BCUT2D eigenvalue weighted by Gasteiger charge is 2.92. The number of fused-ring (bicyclic) bond motifs is 2. The Labute approximate surface area is 286 Å². The third-order valence-corrected chi connectivity index (χ3v) is 13.4. The lowest BCUT2D eigenvalue weighted by Crippen LogP contribution is -2.81. The number of rotatable bonds is 10. The molecule has 270 valence electrons. The number of methoxy groups -OCH3 is 4. The van der Waals surface area contributed by atoms with E-state index in [0.717, 1.165) is 0 Å². The van der Waals surface area contributed by atoms with Crippen molar-refractivity contribution in [3.05, 3.63) is 35.9 Å². The lowest BCUT2D eigenvalue weighted by Gasteiger charge is -2.70. The van der Waals surface area contributed by atoms with E-state index < -0.39 is 100 Å². The molecule has 7 rings (SSSR count). The van der Waals surface area contributed by atoms with Crippen LogP contribution in [0.5, 0.6) is 0 Å². The maximum Gasteiger partial charge on any atom is 0.338 e. The highest BCUT2D eigenvalue weighted by atomic mass is 16.6. The van der Waals surface area contributed by atoms with Crippen LogP contribution >= 0.6 is 0 Å².